The van der Waals surface area contributed by atoms with Crippen LogP contribution in [0.5, 0.6) is 5.75 Å². The van der Waals surface area contributed by atoms with E-state index in [1.807, 2.05) is 31.2 Å². The van der Waals surface area contributed by atoms with Crippen LogP contribution < -0.4 is 15.6 Å². The molecular weight excluding hydrogens is 441 g/mol. The lowest BCUT2D eigenvalue weighted by Crippen LogP contribution is -2.28. The van der Waals surface area contributed by atoms with Crippen molar-refractivity contribution in [3.8, 4) is 11.4 Å². The molecule has 1 amide bonds. The maximum atomic E-state index is 14.3. The molecule has 0 aliphatic rings. The van der Waals surface area contributed by atoms with Gasteiger partial charge >= 0.3 is 0 Å². The van der Waals surface area contributed by atoms with Gasteiger partial charge in [0.15, 0.2) is 4.77 Å². The lowest BCUT2D eigenvalue weighted by molar-refractivity contribution is 0.0935. The number of benzene rings is 3. The summed E-state index contributed by atoms with van der Waals surface area (Å²) in [5.74, 6) is -0.0958. The van der Waals surface area contributed by atoms with Crippen LogP contribution in [0.3, 0.4) is 0 Å². The molecule has 0 fully saturated rings. The summed E-state index contributed by atoms with van der Waals surface area (Å²) in [6.45, 7) is 1.98. The number of ether oxygens (including phenoxy) is 1. The van der Waals surface area contributed by atoms with Gasteiger partial charge in [0.25, 0.3) is 11.5 Å². The van der Waals surface area contributed by atoms with E-state index < -0.39 is 11.4 Å². The number of carbonyl (C=O) groups excluding carboxylic acids is 1. The SMILES string of the molecule is CC[C@@H](NC(=O)c1ccc2c(=O)n(-c3ccccc3F)c(=S)[nH]c2c1)c1ccc(OC)cc1. The molecule has 1 atom stereocenters. The molecule has 0 aliphatic heterocycles. The minimum atomic E-state index is -0.557. The van der Waals surface area contributed by atoms with Crippen LogP contribution in [0, 0.1) is 10.6 Å². The number of aromatic amines is 1. The summed E-state index contributed by atoms with van der Waals surface area (Å²) < 4.78 is 20.6. The van der Waals surface area contributed by atoms with E-state index in [4.69, 9.17) is 17.0 Å². The van der Waals surface area contributed by atoms with Crippen LogP contribution in [0.4, 0.5) is 4.39 Å². The summed E-state index contributed by atoms with van der Waals surface area (Å²) in [4.78, 5) is 28.9. The molecule has 4 aromatic rings. The van der Waals surface area contributed by atoms with Gasteiger partial charge in [-0.3, -0.25) is 9.59 Å². The largest absolute Gasteiger partial charge is 0.497 e. The number of hydrogen-bond acceptors (Lipinski definition) is 4. The molecule has 0 saturated heterocycles. The predicted octanol–water partition coefficient (Wildman–Crippen LogP) is 5.08. The monoisotopic (exact) mass is 463 g/mol. The van der Waals surface area contributed by atoms with Crippen molar-refractivity contribution in [3.05, 3.63) is 98.8 Å². The van der Waals surface area contributed by atoms with Gasteiger partial charge in [-0.2, -0.15) is 0 Å². The summed E-state index contributed by atoms with van der Waals surface area (Å²) >= 11 is 5.32. The van der Waals surface area contributed by atoms with Crippen molar-refractivity contribution in [3.63, 3.8) is 0 Å². The van der Waals surface area contributed by atoms with Crippen LogP contribution in [-0.2, 0) is 0 Å². The zero-order valence-corrected chi connectivity index (χ0v) is 18.9. The Hall–Kier alpha value is -3.78. The number of carbonyl (C=O) groups is 1. The van der Waals surface area contributed by atoms with Crippen molar-refractivity contribution in [1.82, 2.24) is 14.9 Å². The van der Waals surface area contributed by atoms with E-state index in [9.17, 15) is 14.0 Å². The third-order valence-electron chi connectivity index (χ3n) is 5.49. The summed E-state index contributed by atoms with van der Waals surface area (Å²) in [5.41, 5.74) is 1.35. The van der Waals surface area contributed by atoms with Gasteiger partial charge in [0.05, 0.1) is 29.7 Å². The van der Waals surface area contributed by atoms with Crippen LogP contribution in [0.15, 0.2) is 71.5 Å². The third-order valence-corrected chi connectivity index (χ3v) is 5.77. The van der Waals surface area contributed by atoms with Gasteiger partial charge < -0.3 is 15.0 Å². The molecule has 0 saturated carbocycles. The van der Waals surface area contributed by atoms with Crippen molar-refractivity contribution in [2.24, 2.45) is 0 Å². The highest BCUT2D eigenvalue weighted by molar-refractivity contribution is 7.71. The topological polar surface area (TPSA) is 76.1 Å². The van der Waals surface area contributed by atoms with E-state index in [2.05, 4.69) is 10.3 Å². The van der Waals surface area contributed by atoms with E-state index in [0.717, 1.165) is 15.9 Å². The highest BCUT2D eigenvalue weighted by Crippen LogP contribution is 2.21. The molecule has 1 aromatic heterocycles. The van der Waals surface area contributed by atoms with E-state index >= 15 is 0 Å². The van der Waals surface area contributed by atoms with E-state index in [-0.39, 0.29) is 22.4 Å². The number of para-hydroxylation sites is 1. The van der Waals surface area contributed by atoms with E-state index in [1.54, 1.807) is 31.4 Å². The molecule has 4 rings (SSSR count). The zero-order chi connectivity index (χ0) is 23.5. The van der Waals surface area contributed by atoms with E-state index in [0.29, 0.717) is 22.9 Å². The third kappa shape index (κ3) is 4.42. The van der Waals surface area contributed by atoms with Crippen molar-refractivity contribution in [2.45, 2.75) is 19.4 Å². The standard InChI is InChI=1S/C25H22FN3O3S/c1-3-20(15-8-11-17(32-2)12-9-15)27-23(30)16-10-13-18-21(14-16)28-25(33)29(24(18)31)22-7-5-4-6-19(22)26/h4-14,20H,3H2,1-2H3,(H,27,30)(H,28,33)/t20-/m1/s1. The first-order chi connectivity index (χ1) is 15.9. The Morgan fingerprint density at radius 2 is 1.88 bits per heavy atom. The lowest BCUT2D eigenvalue weighted by atomic mass is 10.0. The van der Waals surface area contributed by atoms with Gasteiger partial charge in [0, 0.05) is 5.56 Å². The minimum Gasteiger partial charge on any atom is -0.497 e. The number of fused-ring (bicyclic) bond motifs is 1. The van der Waals surface area contributed by atoms with Crippen LogP contribution in [0.2, 0.25) is 0 Å². The lowest BCUT2D eigenvalue weighted by Gasteiger charge is -2.18. The predicted molar refractivity (Wildman–Crippen MR) is 128 cm³/mol. The molecule has 0 spiro atoms. The Labute approximate surface area is 194 Å². The second-order valence-corrected chi connectivity index (χ2v) is 7.88. The van der Waals surface area contributed by atoms with Gasteiger partial charge in [-0.05, 0) is 66.7 Å². The number of amides is 1. The first kappa shape index (κ1) is 22.4. The van der Waals surface area contributed by atoms with Crippen LogP contribution >= 0.6 is 12.2 Å². The maximum Gasteiger partial charge on any atom is 0.266 e. The molecule has 0 unspecified atom stereocenters. The Morgan fingerprint density at radius 1 is 1.15 bits per heavy atom. The fourth-order valence-electron chi connectivity index (χ4n) is 3.71. The quantitative estimate of drug-likeness (QED) is 0.391. The second-order valence-electron chi connectivity index (χ2n) is 7.49. The summed E-state index contributed by atoms with van der Waals surface area (Å²) in [7, 11) is 1.60. The number of methoxy groups -OCH3 is 1. The number of rotatable bonds is 6. The summed E-state index contributed by atoms with van der Waals surface area (Å²) in [6.07, 6.45) is 0.696. The smallest absolute Gasteiger partial charge is 0.266 e. The normalized spacial score (nSPS) is 11.8. The number of H-pyrrole nitrogens is 1. The summed E-state index contributed by atoms with van der Waals surface area (Å²) in [6, 6.07) is 17.9. The maximum absolute atomic E-state index is 14.3. The van der Waals surface area contributed by atoms with Crippen LogP contribution in [0.1, 0.15) is 35.3 Å². The highest BCUT2D eigenvalue weighted by Gasteiger charge is 2.16. The minimum absolute atomic E-state index is 0.0415. The van der Waals surface area contributed by atoms with Crippen molar-refractivity contribution in [2.75, 3.05) is 7.11 Å². The number of nitrogens with one attached hydrogen (secondary N) is 2. The molecule has 33 heavy (non-hydrogen) atoms. The molecule has 6 nitrogen and oxygen atoms in total. The molecular formula is C25H22FN3O3S. The second kappa shape index (κ2) is 9.38. The molecule has 168 valence electrons. The van der Waals surface area contributed by atoms with Crippen molar-refractivity contribution in [1.29, 1.82) is 0 Å². The first-order valence-electron chi connectivity index (χ1n) is 10.4. The fourth-order valence-corrected chi connectivity index (χ4v) is 4.00. The molecule has 0 aliphatic carbocycles. The van der Waals surface area contributed by atoms with Crippen molar-refractivity contribution >= 4 is 29.0 Å². The Balaban J connectivity index is 1.67. The van der Waals surface area contributed by atoms with Gasteiger partial charge in [0.2, 0.25) is 0 Å². The Bertz CT molecular complexity index is 1440. The van der Waals surface area contributed by atoms with E-state index in [1.165, 1.54) is 18.2 Å². The highest BCUT2D eigenvalue weighted by atomic mass is 32.1. The van der Waals surface area contributed by atoms with Crippen molar-refractivity contribution < 1.29 is 13.9 Å². The molecule has 2 N–H and O–H groups in total. The zero-order valence-electron chi connectivity index (χ0n) is 18.1. The van der Waals surface area contributed by atoms with Gasteiger partial charge in [0.1, 0.15) is 11.6 Å². The first-order valence-corrected chi connectivity index (χ1v) is 10.8. The summed E-state index contributed by atoms with van der Waals surface area (Å²) in [5, 5.41) is 3.32. The van der Waals surface area contributed by atoms with Gasteiger partial charge in [-0.15, -0.1) is 0 Å². The molecule has 3 aromatic carbocycles. The number of aromatic nitrogens is 2. The van der Waals surface area contributed by atoms with Gasteiger partial charge in [-0.1, -0.05) is 31.2 Å². The number of hydrogen-bond donors (Lipinski definition) is 2. The van der Waals surface area contributed by atoms with Gasteiger partial charge in [-0.25, -0.2) is 8.96 Å². The molecule has 8 heteroatoms. The Kier molecular flexibility index (Phi) is 6.37. The number of nitrogens with zero attached hydrogens (tertiary/aromatic N) is 1. The fraction of sp³-hybridized carbons (Fsp3) is 0.160. The van der Waals surface area contributed by atoms with Crippen LogP contribution in [0.25, 0.3) is 16.6 Å². The molecule has 0 radical (unpaired) electrons. The molecule has 0 bridgehead atoms. The number of halogens is 1. The van der Waals surface area contributed by atoms with Crippen LogP contribution in [-0.4, -0.2) is 22.6 Å². The average molecular weight is 464 g/mol. The Morgan fingerprint density at radius 3 is 2.55 bits per heavy atom. The average Bonchev–Trinajstić information content (AvgIpc) is 2.83. The molecule has 1 heterocycles.